The molecule has 1 atom stereocenters. The highest BCUT2D eigenvalue weighted by molar-refractivity contribution is 5.96. The van der Waals surface area contributed by atoms with E-state index in [4.69, 9.17) is 0 Å². The van der Waals surface area contributed by atoms with Gasteiger partial charge in [0, 0.05) is 36.6 Å². The van der Waals surface area contributed by atoms with Crippen LogP contribution < -0.4 is 4.90 Å². The molecule has 0 saturated carbocycles. The predicted octanol–water partition coefficient (Wildman–Crippen LogP) is 2.76. The molecule has 5 nitrogen and oxygen atoms in total. The summed E-state index contributed by atoms with van der Waals surface area (Å²) in [6.45, 7) is 6.50. The molecule has 5 heteroatoms. The summed E-state index contributed by atoms with van der Waals surface area (Å²) < 4.78 is 1.96. The maximum Gasteiger partial charge on any atom is 0.241 e. The number of benzene rings is 1. The predicted molar refractivity (Wildman–Crippen MR) is 98.7 cm³/mol. The Balaban J connectivity index is 1.53. The molecule has 0 N–H and O–H groups in total. The molecule has 1 aromatic carbocycles. The molecule has 0 bridgehead atoms. The Morgan fingerprint density at radius 3 is 2.80 bits per heavy atom. The molecule has 2 aliphatic rings. The third-order valence-corrected chi connectivity index (χ3v) is 5.79. The van der Waals surface area contributed by atoms with Gasteiger partial charge in [-0.25, -0.2) is 0 Å². The monoisotopic (exact) mass is 338 g/mol. The van der Waals surface area contributed by atoms with Crippen LogP contribution in [0.1, 0.15) is 41.4 Å². The zero-order valence-corrected chi connectivity index (χ0v) is 15.3. The standard InChI is InChI=1S/C20H26N4O/c1-14-20(15(2)22(3)21-14)18-9-6-11-23(18)13-19(25)24-12-10-16-7-4-5-8-17(16)24/h4-5,7-8,18H,6,9-13H2,1-3H3/t18-/m0/s1. The van der Waals surface area contributed by atoms with Crippen LogP contribution in [-0.2, 0) is 18.3 Å². The average Bonchev–Trinajstić information content (AvgIpc) is 3.27. The summed E-state index contributed by atoms with van der Waals surface area (Å²) in [5, 5.41) is 4.57. The molecule has 3 heterocycles. The van der Waals surface area contributed by atoms with Gasteiger partial charge in [-0.05, 0) is 51.3 Å². The molecule has 0 spiro atoms. The van der Waals surface area contributed by atoms with E-state index in [0.717, 1.165) is 43.7 Å². The lowest BCUT2D eigenvalue weighted by molar-refractivity contribution is -0.119. The zero-order valence-electron chi connectivity index (χ0n) is 15.3. The van der Waals surface area contributed by atoms with Crippen molar-refractivity contribution in [2.75, 3.05) is 24.5 Å². The summed E-state index contributed by atoms with van der Waals surface area (Å²) in [5.74, 6) is 0.219. The van der Waals surface area contributed by atoms with Gasteiger partial charge in [0.05, 0.1) is 12.2 Å². The fourth-order valence-corrected chi connectivity index (χ4v) is 4.47. The van der Waals surface area contributed by atoms with E-state index in [0.29, 0.717) is 12.6 Å². The molecular weight excluding hydrogens is 312 g/mol. The molecule has 25 heavy (non-hydrogen) atoms. The minimum atomic E-state index is 0.219. The highest BCUT2D eigenvalue weighted by atomic mass is 16.2. The van der Waals surface area contributed by atoms with Gasteiger partial charge >= 0.3 is 0 Å². The summed E-state index contributed by atoms with van der Waals surface area (Å²) in [7, 11) is 2.00. The third-order valence-electron chi connectivity index (χ3n) is 5.79. The van der Waals surface area contributed by atoms with Gasteiger partial charge in [0.1, 0.15) is 0 Å². The number of aryl methyl sites for hydroxylation is 2. The average molecular weight is 338 g/mol. The molecule has 1 fully saturated rings. The number of carbonyl (C=O) groups excluding carboxylic acids is 1. The maximum atomic E-state index is 13.0. The third kappa shape index (κ3) is 2.76. The van der Waals surface area contributed by atoms with Crippen molar-refractivity contribution in [3.05, 3.63) is 46.8 Å². The number of amides is 1. The number of fused-ring (bicyclic) bond motifs is 1. The molecule has 0 unspecified atom stereocenters. The molecule has 1 amide bonds. The molecule has 2 aliphatic heterocycles. The lowest BCUT2D eigenvalue weighted by Gasteiger charge is -2.27. The molecule has 4 rings (SSSR count). The number of anilines is 1. The first-order valence-electron chi connectivity index (χ1n) is 9.18. The second-order valence-electron chi connectivity index (χ2n) is 7.26. The Kier molecular flexibility index (Phi) is 4.12. The van der Waals surface area contributed by atoms with Crippen molar-refractivity contribution in [1.29, 1.82) is 0 Å². The number of carbonyl (C=O) groups is 1. The number of hydrogen-bond acceptors (Lipinski definition) is 3. The van der Waals surface area contributed by atoms with Crippen LogP contribution in [0.5, 0.6) is 0 Å². The minimum absolute atomic E-state index is 0.219. The molecule has 132 valence electrons. The Hall–Kier alpha value is -2.14. The fraction of sp³-hybridized carbons (Fsp3) is 0.500. The van der Waals surface area contributed by atoms with E-state index in [-0.39, 0.29) is 5.91 Å². The summed E-state index contributed by atoms with van der Waals surface area (Å²) >= 11 is 0. The van der Waals surface area contributed by atoms with Gasteiger partial charge in [-0.1, -0.05) is 18.2 Å². The first-order chi connectivity index (χ1) is 12.1. The fourth-order valence-electron chi connectivity index (χ4n) is 4.47. The van der Waals surface area contributed by atoms with Gasteiger partial charge in [-0.2, -0.15) is 5.10 Å². The van der Waals surface area contributed by atoms with E-state index in [1.54, 1.807) is 0 Å². The van der Waals surface area contributed by atoms with Crippen molar-refractivity contribution in [3.8, 4) is 0 Å². The van der Waals surface area contributed by atoms with E-state index in [1.165, 1.54) is 16.8 Å². The Morgan fingerprint density at radius 2 is 2.04 bits per heavy atom. The summed E-state index contributed by atoms with van der Waals surface area (Å²) in [5.41, 5.74) is 6.00. The van der Waals surface area contributed by atoms with E-state index >= 15 is 0 Å². The SMILES string of the molecule is Cc1nn(C)c(C)c1[C@@H]1CCCN1CC(=O)N1CCc2ccccc21. The zero-order chi connectivity index (χ0) is 17.6. The Labute approximate surface area is 149 Å². The van der Waals surface area contributed by atoms with Crippen LogP contribution in [0.15, 0.2) is 24.3 Å². The van der Waals surface area contributed by atoms with Crippen molar-refractivity contribution < 1.29 is 4.79 Å². The first-order valence-corrected chi connectivity index (χ1v) is 9.18. The van der Waals surface area contributed by atoms with E-state index < -0.39 is 0 Å². The van der Waals surface area contributed by atoms with Crippen molar-refractivity contribution in [1.82, 2.24) is 14.7 Å². The molecule has 2 aromatic rings. The van der Waals surface area contributed by atoms with Crippen LogP contribution in [0.3, 0.4) is 0 Å². The minimum Gasteiger partial charge on any atom is -0.311 e. The van der Waals surface area contributed by atoms with Crippen LogP contribution in [0.2, 0.25) is 0 Å². The number of hydrogen-bond donors (Lipinski definition) is 0. The molecule has 1 saturated heterocycles. The topological polar surface area (TPSA) is 41.4 Å². The van der Waals surface area contributed by atoms with Gasteiger partial charge in [0.25, 0.3) is 0 Å². The second kappa shape index (κ2) is 6.30. The van der Waals surface area contributed by atoms with E-state index in [2.05, 4.69) is 42.0 Å². The lowest BCUT2D eigenvalue weighted by atomic mass is 10.0. The Morgan fingerprint density at radius 1 is 1.24 bits per heavy atom. The lowest BCUT2D eigenvalue weighted by Crippen LogP contribution is -2.39. The van der Waals surface area contributed by atoms with Gasteiger partial charge in [-0.3, -0.25) is 14.4 Å². The number of likely N-dealkylation sites (tertiary alicyclic amines) is 1. The smallest absolute Gasteiger partial charge is 0.241 e. The van der Waals surface area contributed by atoms with Crippen molar-refractivity contribution in [3.63, 3.8) is 0 Å². The quantitative estimate of drug-likeness (QED) is 0.864. The summed E-state index contributed by atoms with van der Waals surface area (Å²) in [6.07, 6.45) is 3.21. The van der Waals surface area contributed by atoms with Gasteiger partial charge in [-0.15, -0.1) is 0 Å². The number of rotatable bonds is 3. The molecule has 0 aliphatic carbocycles. The van der Waals surface area contributed by atoms with Gasteiger partial charge < -0.3 is 4.90 Å². The van der Waals surface area contributed by atoms with Crippen LogP contribution >= 0.6 is 0 Å². The van der Waals surface area contributed by atoms with Gasteiger partial charge in [0.15, 0.2) is 0 Å². The maximum absolute atomic E-state index is 13.0. The largest absolute Gasteiger partial charge is 0.311 e. The molecule has 0 radical (unpaired) electrons. The highest BCUT2D eigenvalue weighted by Gasteiger charge is 2.33. The van der Waals surface area contributed by atoms with Gasteiger partial charge in [0.2, 0.25) is 5.91 Å². The van der Waals surface area contributed by atoms with E-state index in [1.807, 2.05) is 22.7 Å². The Bertz CT molecular complexity index is 810. The van der Waals surface area contributed by atoms with Crippen LogP contribution in [0, 0.1) is 13.8 Å². The molecular formula is C20H26N4O. The molecule has 1 aromatic heterocycles. The van der Waals surface area contributed by atoms with Crippen LogP contribution in [0.4, 0.5) is 5.69 Å². The highest BCUT2D eigenvalue weighted by Crippen LogP contribution is 2.36. The van der Waals surface area contributed by atoms with Crippen LogP contribution in [0.25, 0.3) is 0 Å². The van der Waals surface area contributed by atoms with Crippen molar-refractivity contribution in [2.45, 2.75) is 39.2 Å². The summed E-state index contributed by atoms with van der Waals surface area (Å²) in [4.78, 5) is 17.3. The van der Waals surface area contributed by atoms with E-state index in [9.17, 15) is 4.79 Å². The number of aromatic nitrogens is 2. The number of nitrogens with zero attached hydrogens (tertiary/aromatic N) is 4. The van der Waals surface area contributed by atoms with Crippen molar-refractivity contribution in [2.24, 2.45) is 7.05 Å². The number of para-hydroxylation sites is 1. The second-order valence-corrected chi connectivity index (χ2v) is 7.26. The van der Waals surface area contributed by atoms with Crippen molar-refractivity contribution >= 4 is 11.6 Å². The van der Waals surface area contributed by atoms with Crippen LogP contribution in [-0.4, -0.2) is 40.2 Å². The normalized spacial score (nSPS) is 20.3. The summed E-state index contributed by atoms with van der Waals surface area (Å²) in [6, 6.07) is 8.58. The first kappa shape index (κ1) is 16.3.